The molecule has 88 valence electrons. The molecule has 1 atom stereocenters. The number of aliphatic hydroxyl groups is 1. The first-order chi connectivity index (χ1) is 7.36. The first kappa shape index (κ1) is 13.0. The summed E-state index contributed by atoms with van der Waals surface area (Å²) < 4.78 is 5.78. The summed E-state index contributed by atoms with van der Waals surface area (Å²) in [7, 11) is 1.53. The van der Waals surface area contributed by atoms with Crippen molar-refractivity contribution in [3.8, 4) is 5.75 Å². The summed E-state index contributed by atoms with van der Waals surface area (Å²) in [5.41, 5.74) is -1.10. The molecule has 2 N–H and O–H groups in total. The van der Waals surface area contributed by atoms with E-state index in [1.165, 1.54) is 14.0 Å². The van der Waals surface area contributed by atoms with Crippen LogP contribution in [-0.4, -0.2) is 28.9 Å². The zero-order valence-electron chi connectivity index (χ0n) is 9.03. The van der Waals surface area contributed by atoms with Gasteiger partial charge in [-0.15, -0.1) is 0 Å². The van der Waals surface area contributed by atoms with Crippen molar-refractivity contribution in [1.29, 1.82) is 0 Å². The highest BCUT2D eigenvalue weighted by atomic mass is 79.9. The molecule has 0 aliphatic carbocycles. The average molecular weight is 289 g/mol. The van der Waals surface area contributed by atoms with Crippen LogP contribution in [0.15, 0.2) is 22.7 Å². The average Bonchev–Trinajstić information content (AvgIpc) is 2.21. The van der Waals surface area contributed by atoms with Crippen molar-refractivity contribution in [3.05, 3.63) is 28.2 Å². The fraction of sp³-hybridized carbons (Fsp3) is 0.364. The molecular weight excluding hydrogens is 276 g/mol. The molecule has 1 rings (SSSR count). The SMILES string of the molecule is COc1ccc(Br)c(CC(C)(O)C(=O)O)c1. The van der Waals surface area contributed by atoms with Gasteiger partial charge < -0.3 is 14.9 Å². The lowest BCUT2D eigenvalue weighted by atomic mass is 9.97. The lowest BCUT2D eigenvalue weighted by molar-refractivity contribution is -0.156. The Labute approximate surface area is 102 Å². The Kier molecular flexibility index (Phi) is 3.93. The molecule has 0 saturated carbocycles. The topological polar surface area (TPSA) is 66.8 Å². The number of benzene rings is 1. The molecule has 0 aromatic heterocycles. The summed E-state index contributed by atoms with van der Waals surface area (Å²) in [6, 6.07) is 5.21. The molecule has 5 heteroatoms. The number of carbonyl (C=O) groups is 1. The third-order valence-corrected chi connectivity index (χ3v) is 3.02. The van der Waals surface area contributed by atoms with Crippen LogP contribution in [-0.2, 0) is 11.2 Å². The molecule has 1 unspecified atom stereocenters. The van der Waals surface area contributed by atoms with Gasteiger partial charge in [0.1, 0.15) is 5.75 Å². The van der Waals surface area contributed by atoms with Crippen molar-refractivity contribution >= 4 is 21.9 Å². The summed E-state index contributed by atoms with van der Waals surface area (Å²) in [5, 5.41) is 18.5. The number of hydrogen-bond acceptors (Lipinski definition) is 3. The molecule has 0 heterocycles. The number of methoxy groups -OCH3 is 1. The highest BCUT2D eigenvalue weighted by molar-refractivity contribution is 9.10. The van der Waals surface area contributed by atoms with E-state index in [0.29, 0.717) is 11.3 Å². The van der Waals surface area contributed by atoms with E-state index in [2.05, 4.69) is 15.9 Å². The third-order valence-electron chi connectivity index (χ3n) is 2.25. The van der Waals surface area contributed by atoms with E-state index in [1.807, 2.05) is 0 Å². The molecule has 1 aromatic carbocycles. The minimum Gasteiger partial charge on any atom is -0.497 e. The Morgan fingerprint density at radius 2 is 2.19 bits per heavy atom. The van der Waals surface area contributed by atoms with E-state index in [9.17, 15) is 9.90 Å². The maximum Gasteiger partial charge on any atom is 0.335 e. The zero-order valence-corrected chi connectivity index (χ0v) is 10.6. The van der Waals surface area contributed by atoms with Crippen LogP contribution in [0.3, 0.4) is 0 Å². The van der Waals surface area contributed by atoms with Gasteiger partial charge in [0.2, 0.25) is 0 Å². The zero-order chi connectivity index (χ0) is 12.3. The predicted molar refractivity (Wildman–Crippen MR) is 62.7 cm³/mol. The second-order valence-electron chi connectivity index (χ2n) is 3.71. The molecule has 4 nitrogen and oxygen atoms in total. The van der Waals surface area contributed by atoms with Crippen LogP contribution in [0, 0.1) is 0 Å². The molecule has 0 aliphatic heterocycles. The van der Waals surface area contributed by atoms with Crippen molar-refractivity contribution in [3.63, 3.8) is 0 Å². The van der Waals surface area contributed by atoms with Crippen molar-refractivity contribution in [1.82, 2.24) is 0 Å². The van der Waals surface area contributed by atoms with Crippen LogP contribution in [0.25, 0.3) is 0 Å². The van der Waals surface area contributed by atoms with Crippen molar-refractivity contribution in [2.24, 2.45) is 0 Å². The lowest BCUT2D eigenvalue weighted by Gasteiger charge is -2.19. The van der Waals surface area contributed by atoms with E-state index in [4.69, 9.17) is 9.84 Å². The van der Waals surface area contributed by atoms with Gasteiger partial charge in [0.25, 0.3) is 0 Å². The van der Waals surface area contributed by atoms with Crippen LogP contribution < -0.4 is 4.74 Å². The van der Waals surface area contributed by atoms with Gasteiger partial charge >= 0.3 is 5.97 Å². The van der Waals surface area contributed by atoms with Crippen LogP contribution in [0.4, 0.5) is 0 Å². The van der Waals surface area contributed by atoms with E-state index in [-0.39, 0.29) is 6.42 Å². The number of aliphatic carboxylic acids is 1. The second-order valence-corrected chi connectivity index (χ2v) is 4.57. The normalized spacial score (nSPS) is 14.2. The summed E-state index contributed by atoms with van der Waals surface area (Å²) in [4.78, 5) is 10.8. The van der Waals surface area contributed by atoms with Crippen LogP contribution in [0.5, 0.6) is 5.75 Å². The molecule has 1 aromatic rings. The largest absolute Gasteiger partial charge is 0.497 e. The molecule has 0 fully saturated rings. The van der Waals surface area contributed by atoms with Gasteiger partial charge in [0.05, 0.1) is 7.11 Å². The highest BCUT2D eigenvalue weighted by Crippen LogP contribution is 2.26. The lowest BCUT2D eigenvalue weighted by Crippen LogP contribution is -2.37. The summed E-state index contributed by atoms with van der Waals surface area (Å²) in [6.45, 7) is 1.27. The van der Waals surface area contributed by atoms with Crippen LogP contribution >= 0.6 is 15.9 Å². The Hall–Kier alpha value is -1.07. The van der Waals surface area contributed by atoms with E-state index in [0.717, 1.165) is 4.47 Å². The minimum atomic E-state index is -1.78. The first-order valence-corrected chi connectivity index (χ1v) is 5.44. The minimum absolute atomic E-state index is 0.0140. The number of rotatable bonds is 4. The summed E-state index contributed by atoms with van der Waals surface area (Å²) >= 11 is 3.30. The molecule has 0 spiro atoms. The monoisotopic (exact) mass is 288 g/mol. The van der Waals surface area contributed by atoms with Gasteiger partial charge in [-0.05, 0) is 30.7 Å². The number of halogens is 1. The standard InChI is InChI=1S/C11H13BrO4/c1-11(15,10(13)14)6-7-5-8(16-2)3-4-9(7)12/h3-5,15H,6H2,1-2H3,(H,13,14). The summed E-state index contributed by atoms with van der Waals surface area (Å²) in [6.07, 6.45) is 0.0140. The Morgan fingerprint density at radius 1 is 1.56 bits per heavy atom. The first-order valence-electron chi connectivity index (χ1n) is 4.65. The van der Waals surface area contributed by atoms with Gasteiger partial charge in [-0.2, -0.15) is 0 Å². The maximum atomic E-state index is 10.8. The molecular formula is C11H13BrO4. The third kappa shape index (κ3) is 2.96. The Balaban J connectivity index is 3.00. The number of carboxylic acid groups (broad SMARTS) is 1. The number of ether oxygens (including phenoxy) is 1. The molecule has 0 radical (unpaired) electrons. The molecule has 16 heavy (non-hydrogen) atoms. The molecule has 0 aliphatic rings. The predicted octanol–water partition coefficient (Wildman–Crippen LogP) is 1.84. The Bertz CT molecular complexity index is 401. The van der Waals surface area contributed by atoms with E-state index >= 15 is 0 Å². The quantitative estimate of drug-likeness (QED) is 0.887. The van der Waals surface area contributed by atoms with Crippen LogP contribution in [0.1, 0.15) is 12.5 Å². The van der Waals surface area contributed by atoms with Gasteiger partial charge in [-0.1, -0.05) is 15.9 Å². The Morgan fingerprint density at radius 3 is 2.69 bits per heavy atom. The molecule has 0 bridgehead atoms. The van der Waals surface area contributed by atoms with Crippen LogP contribution in [0.2, 0.25) is 0 Å². The second kappa shape index (κ2) is 4.84. The number of carboxylic acids is 1. The smallest absolute Gasteiger partial charge is 0.335 e. The maximum absolute atomic E-state index is 10.8. The molecule has 0 saturated heterocycles. The summed E-state index contributed by atoms with van der Waals surface area (Å²) in [5.74, 6) is -0.624. The van der Waals surface area contributed by atoms with E-state index in [1.54, 1.807) is 18.2 Å². The fourth-order valence-electron chi connectivity index (χ4n) is 1.26. The van der Waals surface area contributed by atoms with Gasteiger partial charge in [-0.3, -0.25) is 0 Å². The van der Waals surface area contributed by atoms with Crippen molar-refractivity contribution < 1.29 is 19.7 Å². The van der Waals surface area contributed by atoms with Crippen molar-refractivity contribution in [2.45, 2.75) is 18.9 Å². The van der Waals surface area contributed by atoms with Gasteiger partial charge in [0, 0.05) is 10.9 Å². The highest BCUT2D eigenvalue weighted by Gasteiger charge is 2.30. The van der Waals surface area contributed by atoms with Gasteiger partial charge in [0.15, 0.2) is 5.60 Å². The fourth-order valence-corrected chi connectivity index (χ4v) is 1.65. The van der Waals surface area contributed by atoms with Crippen molar-refractivity contribution in [2.75, 3.05) is 7.11 Å². The molecule has 0 amide bonds. The van der Waals surface area contributed by atoms with E-state index < -0.39 is 11.6 Å². The number of hydrogen-bond donors (Lipinski definition) is 2. The van der Waals surface area contributed by atoms with Gasteiger partial charge in [-0.25, -0.2) is 4.79 Å².